The topological polar surface area (TPSA) is 128 Å². The number of carbonyl (C=O) groups is 3. The zero-order valence-corrected chi connectivity index (χ0v) is 24.6. The van der Waals surface area contributed by atoms with Gasteiger partial charge in [0.2, 0.25) is 11.8 Å². The second kappa shape index (κ2) is 12.7. The molecule has 10 heteroatoms. The first-order valence-corrected chi connectivity index (χ1v) is 15.0. The molecule has 1 aliphatic carbocycles. The summed E-state index contributed by atoms with van der Waals surface area (Å²) in [5.41, 5.74) is 11.3. The second-order valence-corrected chi connectivity index (χ2v) is 10.9. The lowest BCUT2D eigenvalue weighted by Crippen LogP contribution is -2.49. The maximum Gasteiger partial charge on any atom is 0.251 e. The standard InChI is InChI=1S/C29H31N5O3S.CH4S/c1-16-20-6-3-4-7-22(20)23-12-18(9-10-21(16)23)28(36)32-14-26(35)34-11-5-8-24(34)29(37)33-17(2)25-13-19(15-38-25)27(30)31;1-2/h3-4,6-7,9-10,12-13,15-17,24H,5,8,11,14H2,1-2H3,(H3,30,31)(H,32,36)(H,33,37);2H,1H3/t16?,17-,24?;/m1./s1. The van der Waals surface area contributed by atoms with Crippen LogP contribution >= 0.6 is 24.0 Å². The van der Waals surface area contributed by atoms with Gasteiger partial charge in [0.1, 0.15) is 11.9 Å². The van der Waals surface area contributed by atoms with Gasteiger partial charge in [-0.05, 0) is 66.5 Å². The van der Waals surface area contributed by atoms with Crippen molar-refractivity contribution in [3.05, 3.63) is 81.0 Å². The van der Waals surface area contributed by atoms with Crippen LogP contribution in [-0.4, -0.2) is 53.8 Å². The molecular formula is C30H35N5O3S2. The number of rotatable bonds is 7. The molecule has 2 unspecified atom stereocenters. The third-order valence-corrected chi connectivity index (χ3v) is 8.61. The molecule has 0 saturated carbocycles. The van der Waals surface area contributed by atoms with Crippen LogP contribution in [0.2, 0.25) is 0 Å². The van der Waals surface area contributed by atoms with Crippen LogP contribution in [0.1, 0.15) is 70.6 Å². The number of nitrogen functional groups attached to an aromatic ring is 1. The van der Waals surface area contributed by atoms with Gasteiger partial charge in [0, 0.05) is 33.8 Å². The first-order chi connectivity index (χ1) is 19.2. The van der Waals surface area contributed by atoms with Crippen molar-refractivity contribution in [3.8, 4) is 11.1 Å². The smallest absolute Gasteiger partial charge is 0.251 e. The van der Waals surface area contributed by atoms with Gasteiger partial charge in [0.25, 0.3) is 5.91 Å². The van der Waals surface area contributed by atoms with E-state index >= 15 is 0 Å². The summed E-state index contributed by atoms with van der Waals surface area (Å²) in [6.07, 6.45) is 2.99. The number of amides is 3. The average molecular weight is 578 g/mol. The molecule has 2 aliphatic rings. The number of fused-ring (bicyclic) bond motifs is 3. The van der Waals surface area contributed by atoms with Crippen molar-refractivity contribution in [1.29, 1.82) is 5.41 Å². The van der Waals surface area contributed by atoms with Gasteiger partial charge < -0.3 is 21.3 Å². The lowest BCUT2D eigenvalue weighted by molar-refractivity contribution is -0.137. The Hall–Kier alpha value is -3.63. The first kappa shape index (κ1) is 29.4. The molecule has 40 heavy (non-hydrogen) atoms. The Morgan fingerprint density at radius 1 is 1.10 bits per heavy atom. The maximum atomic E-state index is 13.0. The lowest BCUT2D eigenvalue weighted by atomic mass is 9.98. The zero-order chi connectivity index (χ0) is 29.0. The highest BCUT2D eigenvalue weighted by atomic mass is 32.1. The summed E-state index contributed by atoms with van der Waals surface area (Å²) < 4.78 is 0. The first-order valence-electron chi connectivity index (χ1n) is 13.2. The number of thiol groups is 1. The Morgan fingerprint density at radius 3 is 2.55 bits per heavy atom. The van der Waals surface area contributed by atoms with Crippen LogP contribution < -0.4 is 16.4 Å². The number of likely N-dealkylation sites (tertiary alicyclic amines) is 1. The molecule has 5 rings (SSSR count). The van der Waals surface area contributed by atoms with Gasteiger partial charge in [-0.1, -0.05) is 37.3 Å². The summed E-state index contributed by atoms with van der Waals surface area (Å²) in [5, 5.41) is 15.1. The van der Waals surface area contributed by atoms with Crippen molar-refractivity contribution in [2.24, 2.45) is 5.73 Å². The highest BCUT2D eigenvalue weighted by Gasteiger charge is 2.35. The Balaban J connectivity index is 0.00000181. The third-order valence-electron chi connectivity index (χ3n) is 7.49. The molecule has 5 N–H and O–H groups in total. The minimum atomic E-state index is -0.577. The molecular weight excluding hydrogens is 542 g/mol. The van der Waals surface area contributed by atoms with Crippen molar-refractivity contribution >= 4 is 47.5 Å². The van der Waals surface area contributed by atoms with Crippen LogP contribution in [0.25, 0.3) is 11.1 Å². The summed E-state index contributed by atoms with van der Waals surface area (Å²) in [4.78, 5) is 41.4. The SMILES string of the molecule is CC1c2ccccc2-c2cc(C(=O)NCC(=O)N3CCCC3C(=O)N[C@H](C)c3cc(C(=N)N)cs3)ccc21.CS. The second-order valence-electron chi connectivity index (χ2n) is 9.92. The Labute approximate surface area is 244 Å². The van der Waals surface area contributed by atoms with E-state index in [0.717, 1.165) is 22.4 Å². The molecule has 1 aliphatic heterocycles. The minimum absolute atomic E-state index is 0.0140. The predicted octanol–water partition coefficient (Wildman–Crippen LogP) is 4.31. The molecule has 0 spiro atoms. The summed E-state index contributed by atoms with van der Waals surface area (Å²) in [7, 11) is 0. The quantitative estimate of drug-likeness (QED) is 0.163. The van der Waals surface area contributed by atoms with Crippen LogP contribution in [0.5, 0.6) is 0 Å². The molecule has 3 atom stereocenters. The van der Waals surface area contributed by atoms with Gasteiger partial charge in [-0.25, -0.2) is 0 Å². The number of hydrogen-bond acceptors (Lipinski definition) is 6. The Kier molecular flexibility index (Phi) is 9.32. The zero-order valence-electron chi connectivity index (χ0n) is 22.9. The van der Waals surface area contributed by atoms with Crippen LogP contribution in [-0.2, 0) is 9.59 Å². The molecule has 1 fully saturated rings. The minimum Gasteiger partial charge on any atom is -0.384 e. The molecule has 0 radical (unpaired) electrons. The number of thiophene rings is 1. The molecule has 3 aromatic rings. The number of nitrogens with zero attached hydrogens (tertiary/aromatic N) is 1. The molecule has 2 aromatic carbocycles. The fourth-order valence-electron chi connectivity index (χ4n) is 5.39. The summed E-state index contributed by atoms with van der Waals surface area (Å²) in [5.74, 6) is -0.555. The van der Waals surface area contributed by atoms with Crippen molar-refractivity contribution in [2.45, 2.75) is 44.7 Å². The number of carbonyl (C=O) groups excluding carboxylic acids is 3. The van der Waals surface area contributed by atoms with Crippen molar-refractivity contribution < 1.29 is 14.4 Å². The van der Waals surface area contributed by atoms with Crippen LogP contribution in [0.4, 0.5) is 0 Å². The third kappa shape index (κ3) is 5.93. The van der Waals surface area contributed by atoms with E-state index in [1.165, 1.54) is 22.5 Å². The molecule has 1 saturated heterocycles. The number of nitrogens with one attached hydrogen (secondary N) is 3. The molecule has 0 bridgehead atoms. The van der Waals surface area contributed by atoms with E-state index in [1.807, 2.05) is 31.2 Å². The van der Waals surface area contributed by atoms with Crippen LogP contribution in [0.15, 0.2) is 53.9 Å². The fourth-order valence-corrected chi connectivity index (χ4v) is 6.31. The monoisotopic (exact) mass is 577 g/mol. The molecule has 210 valence electrons. The summed E-state index contributed by atoms with van der Waals surface area (Å²) >= 11 is 4.95. The molecule has 3 amide bonds. The lowest BCUT2D eigenvalue weighted by Gasteiger charge is -2.25. The van der Waals surface area contributed by atoms with Crippen LogP contribution in [0.3, 0.4) is 0 Å². The van der Waals surface area contributed by atoms with E-state index in [1.54, 1.807) is 28.7 Å². The van der Waals surface area contributed by atoms with E-state index in [2.05, 4.69) is 42.3 Å². The van der Waals surface area contributed by atoms with E-state index in [-0.39, 0.29) is 42.1 Å². The van der Waals surface area contributed by atoms with E-state index in [0.29, 0.717) is 24.1 Å². The van der Waals surface area contributed by atoms with E-state index in [9.17, 15) is 14.4 Å². The van der Waals surface area contributed by atoms with Crippen molar-refractivity contribution in [3.63, 3.8) is 0 Å². The Bertz CT molecular complexity index is 1440. The number of hydrogen-bond donors (Lipinski definition) is 5. The van der Waals surface area contributed by atoms with Gasteiger partial charge in [-0.2, -0.15) is 12.6 Å². The van der Waals surface area contributed by atoms with Gasteiger partial charge in [0.15, 0.2) is 0 Å². The van der Waals surface area contributed by atoms with Gasteiger partial charge in [0.05, 0.1) is 12.6 Å². The Morgan fingerprint density at radius 2 is 1.82 bits per heavy atom. The summed E-state index contributed by atoms with van der Waals surface area (Å²) in [6, 6.07) is 14.9. The van der Waals surface area contributed by atoms with Gasteiger partial charge in [-0.3, -0.25) is 19.8 Å². The van der Waals surface area contributed by atoms with E-state index < -0.39 is 6.04 Å². The normalized spacial score (nSPS) is 17.6. The van der Waals surface area contributed by atoms with Crippen molar-refractivity contribution in [1.82, 2.24) is 15.5 Å². The van der Waals surface area contributed by atoms with Gasteiger partial charge >= 0.3 is 0 Å². The maximum absolute atomic E-state index is 13.0. The molecule has 1 aromatic heterocycles. The number of nitrogens with two attached hydrogens (primary N) is 1. The average Bonchev–Trinajstić information content (AvgIpc) is 3.72. The van der Waals surface area contributed by atoms with Crippen molar-refractivity contribution in [2.75, 3.05) is 19.3 Å². The summed E-state index contributed by atoms with van der Waals surface area (Å²) in [6.45, 7) is 4.33. The van der Waals surface area contributed by atoms with Gasteiger partial charge in [-0.15, -0.1) is 11.3 Å². The highest BCUT2D eigenvalue weighted by Crippen LogP contribution is 2.44. The van der Waals surface area contributed by atoms with Crippen LogP contribution in [0, 0.1) is 5.41 Å². The largest absolute Gasteiger partial charge is 0.384 e. The number of amidine groups is 1. The highest BCUT2D eigenvalue weighted by molar-refractivity contribution is 7.79. The fraction of sp³-hybridized carbons (Fsp3) is 0.333. The molecule has 8 nitrogen and oxygen atoms in total. The van der Waals surface area contributed by atoms with E-state index in [4.69, 9.17) is 11.1 Å². The predicted molar refractivity (Wildman–Crippen MR) is 163 cm³/mol. The molecule has 2 heterocycles. The number of benzene rings is 2.